The first kappa shape index (κ1) is 15.7. The van der Waals surface area contributed by atoms with Crippen molar-refractivity contribution in [3.05, 3.63) is 63.6 Å². The highest BCUT2D eigenvalue weighted by atomic mass is 35.5. The first-order valence-electron chi connectivity index (χ1n) is 6.53. The number of benzene rings is 2. The third-order valence-corrected chi connectivity index (χ3v) is 3.76. The SMILES string of the molecule is Nc1cc(Cl)c(Cl)c(C(=O)OCCCc2ccccc2)c1. The quantitative estimate of drug-likeness (QED) is 0.505. The number of esters is 1. The Hall–Kier alpha value is -1.71. The fraction of sp³-hybridized carbons (Fsp3) is 0.188. The van der Waals surface area contributed by atoms with Crippen molar-refractivity contribution in [3.8, 4) is 0 Å². The van der Waals surface area contributed by atoms with Gasteiger partial charge in [0, 0.05) is 5.69 Å². The zero-order chi connectivity index (χ0) is 15.2. The molecule has 2 aromatic rings. The Bertz CT molecular complexity index is 630. The summed E-state index contributed by atoms with van der Waals surface area (Å²) in [6.07, 6.45) is 1.59. The average Bonchev–Trinajstić information content (AvgIpc) is 2.48. The first-order valence-corrected chi connectivity index (χ1v) is 7.29. The Kier molecular flexibility index (Phi) is 5.48. The van der Waals surface area contributed by atoms with Gasteiger partial charge in [0.1, 0.15) is 0 Å². The lowest BCUT2D eigenvalue weighted by Crippen LogP contribution is -2.08. The molecule has 3 nitrogen and oxygen atoms in total. The van der Waals surface area contributed by atoms with Gasteiger partial charge in [-0.05, 0) is 30.5 Å². The second-order valence-corrected chi connectivity index (χ2v) is 5.37. The summed E-state index contributed by atoms with van der Waals surface area (Å²) < 4.78 is 5.20. The first-order chi connectivity index (χ1) is 10.1. The van der Waals surface area contributed by atoms with E-state index in [1.165, 1.54) is 17.7 Å². The number of carbonyl (C=O) groups excluding carboxylic acids is 1. The highest BCUT2D eigenvalue weighted by molar-refractivity contribution is 6.44. The van der Waals surface area contributed by atoms with Crippen LogP contribution in [-0.4, -0.2) is 12.6 Å². The number of ether oxygens (including phenoxy) is 1. The van der Waals surface area contributed by atoms with E-state index in [9.17, 15) is 4.79 Å². The fourth-order valence-electron chi connectivity index (χ4n) is 1.92. The molecule has 0 spiro atoms. The second kappa shape index (κ2) is 7.34. The Morgan fingerprint density at radius 3 is 2.57 bits per heavy atom. The molecular weight excluding hydrogens is 309 g/mol. The smallest absolute Gasteiger partial charge is 0.339 e. The molecule has 0 heterocycles. The molecule has 0 saturated heterocycles. The van der Waals surface area contributed by atoms with Crippen molar-refractivity contribution >= 4 is 34.9 Å². The predicted molar refractivity (Wildman–Crippen MR) is 85.9 cm³/mol. The van der Waals surface area contributed by atoms with Crippen LogP contribution < -0.4 is 5.73 Å². The van der Waals surface area contributed by atoms with Crippen LogP contribution in [-0.2, 0) is 11.2 Å². The average molecular weight is 324 g/mol. The number of anilines is 1. The number of halogens is 2. The van der Waals surface area contributed by atoms with Crippen LogP contribution in [0.5, 0.6) is 0 Å². The van der Waals surface area contributed by atoms with Crippen molar-refractivity contribution in [2.24, 2.45) is 0 Å². The summed E-state index contributed by atoms with van der Waals surface area (Å²) in [5.41, 5.74) is 7.42. The molecule has 2 rings (SSSR count). The van der Waals surface area contributed by atoms with Crippen LogP contribution in [0, 0.1) is 0 Å². The molecule has 0 aliphatic rings. The normalized spacial score (nSPS) is 10.4. The standard InChI is InChI=1S/C16H15Cl2NO2/c17-14-10-12(19)9-13(15(14)18)16(20)21-8-4-7-11-5-2-1-3-6-11/h1-3,5-6,9-10H,4,7-8,19H2. The van der Waals surface area contributed by atoms with Gasteiger partial charge in [0.05, 0.1) is 22.2 Å². The number of rotatable bonds is 5. The van der Waals surface area contributed by atoms with Crippen molar-refractivity contribution in [1.82, 2.24) is 0 Å². The molecule has 0 aliphatic heterocycles. The van der Waals surface area contributed by atoms with Crippen LogP contribution in [0.2, 0.25) is 10.0 Å². The van der Waals surface area contributed by atoms with E-state index in [0.29, 0.717) is 12.3 Å². The van der Waals surface area contributed by atoms with Gasteiger partial charge in [0.25, 0.3) is 0 Å². The molecule has 0 saturated carbocycles. The third-order valence-electron chi connectivity index (χ3n) is 2.96. The Morgan fingerprint density at radius 2 is 1.86 bits per heavy atom. The van der Waals surface area contributed by atoms with E-state index in [1.54, 1.807) is 0 Å². The number of hydrogen-bond acceptors (Lipinski definition) is 3. The van der Waals surface area contributed by atoms with Gasteiger partial charge >= 0.3 is 5.97 Å². The summed E-state index contributed by atoms with van der Waals surface area (Å²) in [6.45, 7) is 0.316. The zero-order valence-corrected chi connectivity index (χ0v) is 12.8. The summed E-state index contributed by atoms with van der Waals surface area (Å²) >= 11 is 11.9. The summed E-state index contributed by atoms with van der Waals surface area (Å²) in [6, 6.07) is 13.0. The van der Waals surface area contributed by atoms with E-state index in [4.69, 9.17) is 33.7 Å². The molecule has 110 valence electrons. The van der Waals surface area contributed by atoms with E-state index in [0.717, 1.165) is 12.8 Å². The minimum absolute atomic E-state index is 0.166. The highest BCUT2D eigenvalue weighted by Gasteiger charge is 2.15. The Labute approximate surface area is 133 Å². The van der Waals surface area contributed by atoms with E-state index < -0.39 is 5.97 Å². The van der Waals surface area contributed by atoms with Gasteiger partial charge in [-0.1, -0.05) is 53.5 Å². The molecule has 21 heavy (non-hydrogen) atoms. The molecule has 0 amide bonds. The van der Waals surface area contributed by atoms with Crippen LogP contribution >= 0.6 is 23.2 Å². The maximum absolute atomic E-state index is 12.0. The predicted octanol–water partition coefficient (Wildman–Crippen LogP) is 4.37. The summed E-state index contributed by atoms with van der Waals surface area (Å²) in [5.74, 6) is -0.512. The molecule has 0 aliphatic carbocycles. The number of nitrogen functional groups attached to an aromatic ring is 1. The monoisotopic (exact) mass is 323 g/mol. The van der Waals surface area contributed by atoms with Gasteiger partial charge in [0.2, 0.25) is 0 Å². The van der Waals surface area contributed by atoms with Gasteiger partial charge in [-0.2, -0.15) is 0 Å². The number of hydrogen-bond donors (Lipinski definition) is 1. The van der Waals surface area contributed by atoms with Gasteiger partial charge in [-0.3, -0.25) is 0 Å². The summed E-state index contributed by atoms with van der Waals surface area (Å²) in [7, 11) is 0. The van der Waals surface area contributed by atoms with Gasteiger partial charge in [0.15, 0.2) is 0 Å². The Balaban J connectivity index is 1.88. The minimum atomic E-state index is -0.512. The van der Waals surface area contributed by atoms with Crippen molar-refractivity contribution in [3.63, 3.8) is 0 Å². The van der Waals surface area contributed by atoms with Crippen molar-refractivity contribution in [1.29, 1.82) is 0 Å². The van der Waals surface area contributed by atoms with E-state index in [1.807, 2.05) is 30.3 Å². The zero-order valence-electron chi connectivity index (χ0n) is 11.3. The van der Waals surface area contributed by atoms with Crippen LogP contribution in [0.1, 0.15) is 22.3 Å². The molecule has 0 bridgehead atoms. The molecule has 0 unspecified atom stereocenters. The highest BCUT2D eigenvalue weighted by Crippen LogP contribution is 2.29. The molecule has 2 aromatic carbocycles. The molecule has 0 fully saturated rings. The lowest BCUT2D eigenvalue weighted by Gasteiger charge is -2.08. The molecule has 0 atom stereocenters. The lowest BCUT2D eigenvalue weighted by atomic mass is 10.1. The molecule has 2 N–H and O–H groups in total. The summed E-state index contributed by atoms with van der Waals surface area (Å²) in [4.78, 5) is 12.0. The maximum Gasteiger partial charge on any atom is 0.339 e. The van der Waals surface area contributed by atoms with Crippen molar-refractivity contribution in [2.45, 2.75) is 12.8 Å². The van der Waals surface area contributed by atoms with Crippen LogP contribution in [0.15, 0.2) is 42.5 Å². The second-order valence-electron chi connectivity index (χ2n) is 4.59. The van der Waals surface area contributed by atoms with Gasteiger partial charge < -0.3 is 10.5 Å². The molecule has 0 radical (unpaired) electrons. The van der Waals surface area contributed by atoms with Crippen LogP contribution in [0.4, 0.5) is 5.69 Å². The molecular formula is C16H15Cl2NO2. The number of aryl methyl sites for hydroxylation is 1. The Morgan fingerprint density at radius 1 is 1.14 bits per heavy atom. The van der Waals surface area contributed by atoms with Crippen molar-refractivity contribution in [2.75, 3.05) is 12.3 Å². The fourth-order valence-corrected chi connectivity index (χ4v) is 2.34. The lowest BCUT2D eigenvalue weighted by molar-refractivity contribution is 0.0501. The summed E-state index contributed by atoms with van der Waals surface area (Å²) in [5, 5.41) is 0.409. The van der Waals surface area contributed by atoms with E-state index in [-0.39, 0.29) is 15.6 Å². The van der Waals surface area contributed by atoms with Crippen molar-refractivity contribution < 1.29 is 9.53 Å². The van der Waals surface area contributed by atoms with E-state index >= 15 is 0 Å². The molecule has 5 heteroatoms. The topological polar surface area (TPSA) is 52.3 Å². The largest absolute Gasteiger partial charge is 0.462 e. The van der Waals surface area contributed by atoms with Crippen LogP contribution in [0.3, 0.4) is 0 Å². The number of carbonyl (C=O) groups is 1. The maximum atomic E-state index is 12.0. The minimum Gasteiger partial charge on any atom is -0.462 e. The van der Waals surface area contributed by atoms with Gasteiger partial charge in [-0.15, -0.1) is 0 Å². The van der Waals surface area contributed by atoms with Gasteiger partial charge in [-0.25, -0.2) is 4.79 Å². The van der Waals surface area contributed by atoms with Crippen LogP contribution in [0.25, 0.3) is 0 Å². The number of nitrogens with two attached hydrogens (primary N) is 1. The molecule has 0 aromatic heterocycles. The third kappa shape index (κ3) is 4.38. The van der Waals surface area contributed by atoms with E-state index in [2.05, 4.69) is 0 Å².